The molecule has 2 atom stereocenters. The van der Waals surface area contributed by atoms with E-state index in [1.54, 1.807) is 0 Å². The fourth-order valence-corrected chi connectivity index (χ4v) is 0.811. The first-order chi connectivity index (χ1) is 8.83. The Balaban J connectivity index is -0.000000295. The van der Waals surface area contributed by atoms with Crippen molar-refractivity contribution >= 4 is 49.7 Å². The van der Waals surface area contributed by atoms with Crippen LogP contribution in [0.15, 0.2) is 0 Å². The molecule has 21 heavy (non-hydrogen) atoms. The summed E-state index contributed by atoms with van der Waals surface area (Å²) < 4.78 is 0. The van der Waals surface area contributed by atoms with Crippen LogP contribution in [0.25, 0.3) is 0 Å². The summed E-state index contributed by atoms with van der Waals surface area (Å²) in [6, 6.07) is 0. The van der Waals surface area contributed by atoms with Gasteiger partial charge in [-0.05, 0) is 0 Å². The van der Waals surface area contributed by atoms with Gasteiger partial charge < -0.3 is 40.2 Å². The van der Waals surface area contributed by atoms with E-state index in [0.29, 0.717) is 0 Å². The van der Waals surface area contributed by atoms with Crippen LogP contribution < -0.4 is 10.2 Å². The maximum Gasteiger partial charge on any atom is 2.00 e. The van der Waals surface area contributed by atoms with Crippen molar-refractivity contribution in [1.82, 2.24) is 0 Å². The zero-order valence-electron chi connectivity index (χ0n) is 12.7. The molecular formula is C12H22CaO8. The Kier molecular flexibility index (Phi) is 13.2. The molecule has 0 aromatic heterocycles. The van der Waals surface area contributed by atoms with Crippen LogP contribution in [-0.2, 0) is 9.59 Å². The molecule has 0 aliphatic carbocycles. The number of aliphatic hydroxyl groups excluding tert-OH is 4. The molecule has 0 amide bonds. The molecule has 8 nitrogen and oxygen atoms in total. The molecule has 0 fully saturated rings. The van der Waals surface area contributed by atoms with Crippen molar-refractivity contribution in [2.45, 2.75) is 39.9 Å². The van der Waals surface area contributed by atoms with Crippen LogP contribution in [0.2, 0.25) is 0 Å². The zero-order chi connectivity index (χ0) is 16.7. The van der Waals surface area contributed by atoms with E-state index in [2.05, 4.69) is 0 Å². The molecule has 0 radical (unpaired) electrons. The summed E-state index contributed by atoms with van der Waals surface area (Å²) in [6.45, 7) is 4.98. The molecule has 0 aromatic rings. The Morgan fingerprint density at radius 2 is 1.05 bits per heavy atom. The van der Waals surface area contributed by atoms with Gasteiger partial charge in [-0.15, -0.1) is 0 Å². The summed E-state index contributed by atoms with van der Waals surface area (Å²) in [4.78, 5) is 20.1. The third-order valence-electron chi connectivity index (χ3n) is 2.74. The number of hydrogen-bond donors (Lipinski definition) is 4. The topological polar surface area (TPSA) is 161 Å². The minimum absolute atomic E-state index is 0. The summed E-state index contributed by atoms with van der Waals surface area (Å²) in [6.07, 6.45) is -3.23. The number of hydrogen-bond acceptors (Lipinski definition) is 8. The fraction of sp³-hybridized carbons (Fsp3) is 0.833. The van der Waals surface area contributed by atoms with Crippen molar-refractivity contribution in [3.8, 4) is 0 Å². The van der Waals surface area contributed by atoms with Crippen molar-refractivity contribution in [2.75, 3.05) is 13.2 Å². The number of aliphatic carboxylic acids is 2. The van der Waals surface area contributed by atoms with Crippen LogP contribution >= 0.6 is 0 Å². The second-order valence-corrected chi connectivity index (χ2v) is 5.74. The second kappa shape index (κ2) is 10.7. The number of carboxylic acids is 2. The largest absolute Gasteiger partial charge is 2.00 e. The Hall–Kier alpha value is 0.0397. The molecule has 120 valence electrons. The van der Waals surface area contributed by atoms with Gasteiger partial charge in [0.2, 0.25) is 0 Å². The van der Waals surface area contributed by atoms with Gasteiger partial charge in [-0.1, -0.05) is 27.7 Å². The SMILES string of the molecule is CC(C)(CO)C(O)C(=O)[O-].CC(C)(CO)C(O)C(=O)[O-].[Ca+2]. The maximum absolute atomic E-state index is 10.0. The summed E-state index contributed by atoms with van der Waals surface area (Å²) in [7, 11) is 0. The van der Waals surface area contributed by atoms with Gasteiger partial charge >= 0.3 is 37.7 Å². The quantitative estimate of drug-likeness (QED) is 0.356. The molecule has 0 saturated carbocycles. The van der Waals surface area contributed by atoms with Crippen LogP contribution in [-0.4, -0.2) is 95.5 Å². The third-order valence-corrected chi connectivity index (χ3v) is 2.74. The van der Waals surface area contributed by atoms with Gasteiger partial charge in [0.05, 0.1) is 25.2 Å². The van der Waals surface area contributed by atoms with Crippen LogP contribution in [0.1, 0.15) is 27.7 Å². The van der Waals surface area contributed by atoms with Gasteiger partial charge in [0.15, 0.2) is 0 Å². The summed E-state index contributed by atoms with van der Waals surface area (Å²) in [5.41, 5.74) is -2.06. The Bertz CT molecular complexity index is 297. The van der Waals surface area contributed by atoms with E-state index < -0.39 is 35.0 Å². The molecule has 0 saturated heterocycles. The number of rotatable bonds is 6. The molecule has 0 aliphatic rings. The average molecular weight is 334 g/mol. The minimum atomic E-state index is -1.61. The molecule has 0 rings (SSSR count). The van der Waals surface area contributed by atoms with Crippen molar-refractivity contribution < 1.29 is 40.2 Å². The van der Waals surface area contributed by atoms with Gasteiger partial charge in [-0.2, -0.15) is 0 Å². The van der Waals surface area contributed by atoms with Gasteiger partial charge in [0, 0.05) is 10.8 Å². The van der Waals surface area contributed by atoms with Gasteiger partial charge in [0.25, 0.3) is 0 Å². The monoisotopic (exact) mass is 334 g/mol. The molecule has 0 aromatic carbocycles. The summed E-state index contributed by atoms with van der Waals surface area (Å²) >= 11 is 0. The van der Waals surface area contributed by atoms with E-state index in [4.69, 9.17) is 20.4 Å². The van der Waals surface area contributed by atoms with Crippen LogP contribution in [0.5, 0.6) is 0 Å². The van der Waals surface area contributed by atoms with Crippen LogP contribution in [0.3, 0.4) is 0 Å². The number of aliphatic hydroxyl groups is 4. The number of carboxylic acid groups (broad SMARTS) is 2. The first kappa shape index (κ1) is 26.0. The molecule has 0 bridgehead atoms. The molecular weight excluding hydrogens is 312 g/mol. The van der Waals surface area contributed by atoms with E-state index >= 15 is 0 Å². The van der Waals surface area contributed by atoms with E-state index in [0.717, 1.165) is 0 Å². The smallest absolute Gasteiger partial charge is 0.547 e. The van der Waals surface area contributed by atoms with Gasteiger partial charge in [-0.3, -0.25) is 0 Å². The van der Waals surface area contributed by atoms with E-state index in [1.165, 1.54) is 27.7 Å². The second-order valence-electron chi connectivity index (χ2n) is 5.74. The van der Waals surface area contributed by atoms with Gasteiger partial charge in [0.1, 0.15) is 12.2 Å². The van der Waals surface area contributed by atoms with Crippen LogP contribution in [0, 0.1) is 10.8 Å². The molecule has 0 aliphatic heterocycles. The molecule has 2 unspecified atom stereocenters. The predicted octanol–water partition coefficient (Wildman–Crippen LogP) is -4.15. The van der Waals surface area contributed by atoms with E-state index in [1.807, 2.05) is 0 Å². The number of carbonyl (C=O) groups is 2. The predicted molar refractivity (Wildman–Crippen MR) is 69.5 cm³/mol. The Morgan fingerprint density at radius 1 is 0.857 bits per heavy atom. The maximum atomic E-state index is 10.0. The van der Waals surface area contributed by atoms with Crippen molar-refractivity contribution in [3.63, 3.8) is 0 Å². The van der Waals surface area contributed by atoms with Crippen molar-refractivity contribution in [2.24, 2.45) is 10.8 Å². The van der Waals surface area contributed by atoms with E-state index in [-0.39, 0.29) is 51.0 Å². The zero-order valence-corrected chi connectivity index (χ0v) is 14.9. The first-order valence-corrected chi connectivity index (χ1v) is 5.83. The Labute approximate surface area is 153 Å². The summed E-state index contributed by atoms with van der Waals surface area (Å²) in [5, 5.41) is 54.9. The van der Waals surface area contributed by atoms with Crippen molar-refractivity contribution in [3.05, 3.63) is 0 Å². The summed E-state index contributed by atoms with van der Waals surface area (Å²) in [5.74, 6) is -3.11. The minimum Gasteiger partial charge on any atom is -0.547 e. The van der Waals surface area contributed by atoms with Gasteiger partial charge in [-0.25, -0.2) is 0 Å². The number of carbonyl (C=O) groups excluding carboxylic acids is 2. The van der Waals surface area contributed by atoms with Crippen molar-refractivity contribution in [1.29, 1.82) is 0 Å². The molecule has 9 heteroatoms. The standard InChI is InChI=1S/2C6H12O4.Ca/c2*1-6(2,3-7)4(8)5(9)10;/h2*4,7-8H,3H2,1-2H3,(H,9,10);/q;;+2/p-2. The average Bonchev–Trinajstić information content (AvgIpc) is 2.37. The fourth-order valence-electron chi connectivity index (χ4n) is 0.811. The first-order valence-electron chi connectivity index (χ1n) is 5.83. The Morgan fingerprint density at radius 3 is 1.10 bits per heavy atom. The van der Waals surface area contributed by atoms with E-state index in [9.17, 15) is 19.8 Å². The molecule has 0 heterocycles. The third kappa shape index (κ3) is 9.62. The molecule has 0 spiro atoms. The molecule has 4 N–H and O–H groups in total. The van der Waals surface area contributed by atoms with Crippen LogP contribution in [0.4, 0.5) is 0 Å². The normalized spacial score (nSPS) is 14.1.